The molecule has 0 atom stereocenters. The highest BCUT2D eigenvalue weighted by molar-refractivity contribution is 6.29. The molecular weight excluding hydrogens is 195 g/mol. The second-order valence-electron chi connectivity index (χ2n) is 2.48. The Balaban J connectivity index is 2.71. The fourth-order valence-corrected chi connectivity index (χ4v) is 1.42. The van der Waals surface area contributed by atoms with Gasteiger partial charge in [-0.2, -0.15) is 0 Å². The molecular formula is C8H6Cl2N2. The molecule has 0 spiro atoms. The quantitative estimate of drug-likeness (QED) is 0.648. The molecule has 4 heteroatoms. The number of alkyl halides is 1. The normalized spacial score (nSPS) is 10.8. The van der Waals surface area contributed by atoms with Crippen LogP contribution in [-0.2, 0) is 5.88 Å². The number of imidazole rings is 1. The van der Waals surface area contributed by atoms with E-state index in [-0.39, 0.29) is 0 Å². The van der Waals surface area contributed by atoms with Crippen molar-refractivity contribution in [3.63, 3.8) is 0 Å². The van der Waals surface area contributed by atoms with Crippen LogP contribution in [0.2, 0.25) is 5.15 Å². The molecule has 0 unspecified atom stereocenters. The maximum Gasteiger partial charge on any atom is 0.137 e. The van der Waals surface area contributed by atoms with Crippen molar-refractivity contribution < 1.29 is 0 Å². The molecule has 2 aromatic heterocycles. The largest absolute Gasteiger partial charge is 0.290 e. The first-order valence-corrected chi connectivity index (χ1v) is 4.40. The summed E-state index contributed by atoms with van der Waals surface area (Å²) in [4.78, 5) is 4.08. The Bertz CT molecular complexity index is 408. The van der Waals surface area contributed by atoms with Crippen molar-refractivity contribution in [1.29, 1.82) is 0 Å². The molecule has 0 amide bonds. The minimum atomic E-state index is 0.491. The standard InChI is InChI=1S/C8H6Cl2N2/c9-3-6-1-2-8-11-4-7(10)12(8)5-6/h1-2,4-5H,3H2. The molecule has 0 N–H and O–H groups in total. The minimum absolute atomic E-state index is 0.491. The lowest BCUT2D eigenvalue weighted by atomic mass is 10.3. The second kappa shape index (κ2) is 2.96. The van der Waals surface area contributed by atoms with E-state index in [1.54, 1.807) is 10.6 Å². The van der Waals surface area contributed by atoms with Crippen LogP contribution in [0.5, 0.6) is 0 Å². The van der Waals surface area contributed by atoms with E-state index in [9.17, 15) is 0 Å². The summed E-state index contributed by atoms with van der Waals surface area (Å²) in [6.45, 7) is 0. The summed E-state index contributed by atoms with van der Waals surface area (Å²) in [6.07, 6.45) is 3.51. The predicted molar refractivity (Wildman–Crippen MR) is 49.8 cm³/mol. The lowest BCUT2D eigenvalue weighted by Gasteiger charge is -1.97. The van der Waals surface area contributed by atoms with Crippen molar-refractivity contribution in [3.05, 3.63) is 35.2 Å². The van der Waals surface area contributed by atoms with Crippen LogP contribution in [0, 0.1) is 0 Å². The smallest absolute Gasteiger partial charge is 0.137 e. The van der Waals surface area contributed by atoms with Gasteiger partial charge >= 0.3 is 0 Å². The summed E-state index contributed by atoms with van der Waals surface area (Å²) >= 11 is 11.5. The van der Waals surface area contributed by atoms with Crippen LogP contribution in [0.4, 0.5) is 0 Å². The van der Waals surface area contributed by atoms with Crippen molar-refractivity contribution in [2.24, 2.45) is 0 Å². The van der Waals surface area contributed by atoms with Crippen molar-refractivity contribution in [1.82, 2.24) is 9.38 Å². The first-order valence-electron chi connectivity index (χ1n) is 3.49. The summed E-state index contributed by atoms with van der Waals surface area (Å²) in [5.41, 5.74) is 1.87. The Morgan fingerprint density at radius 1 is 1.42 bits per heavy atom. The van der Waals surface area contributed by atoms with Gasteiger partial charge < -0.3 is 0 Å². The zero-order valence-corrected chi connectivity index (χ0v) is 7.68. The summed E-state index contributed by atoms with van der Waals surface area (Å²) < 4.78 is 1.80. The van der Waals surface area contributed by atoms with E-state index in [2.05, 4.69) is 4.98 Å². The van der Waals surface area contributed by atoms with Crippen LogP contribution < -0.4 is 0 Å². The van der Waals surface area contributed by atoms with Crippen LogP contribution in [-0.4, -0.2) is 9.38 Å². The average molecular weight is 201 g/mol. The molecule has 0 aliphatic heterocycles. The molecule has 0 fully saturated rings. The number of aromatic nitrogens is 2. The Labute approximate surface area is 79.7 Å². The number of fused-ring (bicyclic) bond motifs is 1. The second-order valence-corrected chi connectivity index (χ2v) is 3.13. The molecule has 0 bridgehead atoms. The molecule has 0 aromatic carbocycles. The van der Waals surface area contributed by atoms with E-state index in [0.717, 1.165) is 11.2 Å². The summed E-state index contributed by atoms with van der Waals surface area (Å²) in [5.74, 6) is 0.491. The van der Waals surface area contributed by atoms with Crippen LogP contribution in [0.3, 0.4) is 0 Å². The van der Waals surface area contributed by atoms with Gasteiger partial charge in [-0.3, -0.25) is 4.40 Å². The Morgan fingerprint density at radius 3 is 3.00 bits per heavy atom. The van der Waals surface area contributed by atoms with Gasteiger partial charge in [0.1, 0.15) is 10.8 Å². The SMILES string of the molecule is ClCc1ccc2ncc(Cl)n2c1. The summed E-state index contributed by atoms with van der Waals surface area (Å²) in [6, 6.07) is 3.83. The highest BCUT2D eigenvalue weighted by Gasteiger charge is 1.99. The number of pyridine rings is 1. The highest BCUT2D eigenvalue weighted by Crippen LogP contribution is 2.13. The molecule has 2 aromatic rings. The van der Waals surface area contributed by atoms with Crippen molar-refractivity contribution >= 4 is 28.8 Å². The molecule has 0 radical (unpaired) electrons. The fraction of sp³-hybridized carbons (Fsp3) is 0.125. The predicted octanol–water partition coefficient (Wildman–Crippen LogP) is 2.73. The van der Waals surface area contributed by atoms with E-state index in [0.29, 0.717) is 11.0 Å². The summed E-state index contributed by atoms with van der Waals surface area (Å²) in [7, 11) is 0. The van der Waals surface area contributed by atoms with Gasteiger partial charge in [0.25, 0.3) is 0 Å². The Morgan fingerprint density at radius 2 is 2.25 bits per heavy atom. The maximum absolute atomic E-state index is 5.86. The lowest BCUT2D eigenvalue weighted by Crippen LogP contribution is -1.87. The monoisotopic (exact) mass is 200 g/mol. The average Bonchev–Trinajstić information content (AvgIpc) is 2.47. The van der Waals surface area contributed by atoms with Gasteiger partial charge in [0.05, 0.1) is 6.20 Å². The number of halogens is 2. The molecule has 2 nitrogen and oxygen atoms in total. The maximum atomic E-state index is 5.86. The number of rotatable bonds is 1. The van der Waals surface area contributed by atoms with Crippen LogP contribution in [0.25, 0.3) is 5.65 Å². The van der Waals surface area contributed by atoms with Crippen LogP contribution in [0.15, 0.2) is 24.5 Å². The van der Waals surface area contributed by atoms with Crippen molar-refractivity contribution in [2.75, 3.05) is 0 Å². The fourth-order valence-electron chi connectivity index (χ4n) is 1.07. The lowest BCUT2D eigenvalue weighted by molar-refractivity contribution is 1.15. The van der Waals surface area contributed by atoms with E-state index in [4.69, 9.17) is 23.2 Å². The molecule has 62 valence electrons. The molecule has 0 saturated heterocycles. The van der Waals surface area contributed by atoms with Gasteiger partial charge in [-0.05, 0) is 11.6 Å². The van der Waals surface area contributed by atoms with Gasteiger partial charge in [-0.25, -0.2) is 4.98 Å². The van der Waals surface area contributed by atoms with E-state index in [1.165, 1.54) is 0 Å². The number of nitrogens with zero attached hydrogens (tertiary/aromatic N) is 2. The van der Waals surface area contributed by atoms with E-state index in [1.807, 2.05) is 18.3 Å². The van der Waals surface area contributed by atoms with Crippen LogP contribution >= 0.6 is 23.2 Å². The molecule has 0 saturated carbocycles. The first kappa shape index (κ1) is 7.90. The van der Waals surface area contributed by atoms with Crippen LogP contribution in [0.1, 0.15) is 5.56 Å². The van der Waals surface area contributed by atoms with E-state index >= 15 is 0 Å². The zero-order valence-electron chi connectivity index (χ0n) is 6.17. The zero-order chi connectivity index (χ0) is 8.55. The molecule has 2 heterocycles. The first-order chi connectivity index (χ1) is 5.81. The molecule has 0 aliphatic carbocycles. The Kier molecular flexibility index (Phi) is 1.95. The van der Waals surface area contributed by atoms with Gasteiger partial charge in [0, 0.05) is 12.1 Å². The molecule has 0 aliphatic rings. The third kappa shape index (κ3) is 1.17. The van der Waals surface area contributed by atoms with E-state index < -0.39 is 0 Å². The van der Waals surface area contributed by atoms with Gasteiger partial charge in [-0.15, -0.1) is 11.6 Å². The topological polar surface area (TPSA) is 17.3 Å². The third-order valence-electron chi connectivity index (χ3n) is 1.68. The molecule has 12 heavy (non-hydrogen) atoms. The van der Waals surface area contributed by atoms with Crippen molar-refractivity contribution in [2.45, 2.75) is 5.88 Å². The Hall–Kier alpha value is -0.730. The number of hydrogen-bond donors (Lipinski definition) is 0. The van der Waals surface area contributed by atoms with Gasteiger partial charge in [0.15, 0.2) is 0 Å². The van der Waals surface area contributed by atoms with Crippen molar-refractivity contribution in [3.8, 4) is 0 Å². The van der Waals surface area contributed by atoms with Gasteiger partial charge in [-0.1, -0.05) is 17.7 Å². The summed E-state index contributed by atoms with van der Waals surface area (Å²) in [5, 5.41) is 0.608. The minimum Gasteiger partial charge on any atom is -0.290 e. The molecule has 2 rings (SSSR count). The third-order valence-corrected chi connectivity index (χ3v) is 2.26. The number of hydrogen-bond acceptors (Lipinski definition) is 1. The van der Waals surface area contributed by atoms with Gasteiger partial charge in [0.2, 0.25) is 0 Å². The highest BCUT2D eigenvalue weighted by atomic mass is 35.5.